The van der Waals surface area contributed by atoms with Gasteiger partial charge < -0.3 is 4.74 Å². The van der Waals surface area contributed by atoms with Crippen LogP contribution in [0.25, 0.3) is 0 Å². The van der Waals surface area contributed by atoms with Crippen LogP contribution in [0, 0.1) is 0 Å². The molecule has 1 aliphatic rings. The number of nitrogens with zero attached hydrogens (tertiary/aromatic N) is 1. The summed E-state index contributed by atoms with van der Waals surface area (Å²) in [6.45, 7) is 1.01. The summed E-state index contributed by atoms with van der Waals surface area (Å²) >= 11 is 6.55. The summed E-state index contributed by atoms with van der Waals surface area (Å²) in [4.78, 5) is 3.71. The fraction of sp³-hybridized carbons (Fsp3) is 0.667. The Kier molecular flexibility index (Phi) is 4.37. The number of aromatic nitrogens is 1. The molecule has 1 atom stereocenters. The van der Waals surface area contributed by atoms with Gasteiger partial charge in [0.1, 0.15) is 0 Å². The fourth-order valence-electron chi connectivity index (χ4n) is 1.61. The fourth-order valence-corrected chi connectivity index (χ4v) is 4.01. The molecule has 96 valence electrons. The highest BCUT2D eigenvalue weighted by molar-refractivity contribution is 7.91. The predicted molar refractivity (Wildman–Crippen MR) is 65.9 cm³/mol. The van der Waals surface area contributed by atoms with E-state index in [1.54, 1.807) is 0 Å². The second-order valence-corrected chi connectivity index (χ2v) is 7.38. The van der Waals surface area contributed by atoms with E-state index >= 15 is 0 Å². The van der Waals surface area contributed by atoms with E-state index in [9.17, 15) is 8.42 Å². The van der Waals surface area contributed by atoms with E-state index < -0.39 is 10.0 Å². The van der Waals surface area contributed by atoms with Crippen LogP contribution < -0.4 is 4.72 Å². The second kappa shape index (κ2) is 5.62. The number of rotatable bonds is 4. The van der Waals surface area contributed by atoms with Gasteiger partial charge in [-0.15, -0.1) is 0 Å². The van der Waals surface area contributed by atoms with Crippen LogP contribution in [0.5, 0.6) is 0 Å². The third-order valence-electron chi connectivity index (χ3n) is 2.50. The summed E-state index contributed by atoms with van der Waals surface area (Å²) in [5, 5.41) is 0. The highest BCUT2D eigenvalue weighted by Gasteiger charge is 2.21. The third-order valence-corrected chi connectivity index (χ3v) is 5.50. The molecule has 8 heteroatoms. The summed E-state index contributed by atoms with van der Waals surface area (Å²) in [5.41, 5.74) is 0. The Morgan fingerprint density at radius 2 is 2.41 bits per heavy atom. The minimum atomic E-state index is -3.50. The average Bonchev–Trinajstić information content (AvgIpc) is 2.76. The van der Waals surface area contributed by atoms with Crippen LogP contribution in [0.15, 0.2) is 10.4 Å². The molecule has 1 unspecified atom stereocenters. The number of sulfonamides is 1. The van der Waals surface area contributed by atoms with E-state index in [1.807, 2.05) is 0 Å². The molecule has 17 heavy (non-hydrogen) atoms. The molecule has 0 amide bonds. The summed E-state index contributed by atoms with van der Waals surface area (Å²) in [6, 6.07) is 0. The van der Waals surface area contributed by atoms with E-state index in [2.05, 4.69) is 9.71 Å². The lowest BCUT2D eigenvalue weighted by Crippen LogP contribution is -2.35. The molecule has 0 aliphatic carbocycles. The van der Waals surface area contributed by atoms with Crippen molar-refractivity contribution in [1.82, 2.24) is 9.71 Å². The Hall–Kier alpha value is -0.210. The molecule has 1 aromatic rings. The molecule has 2 rings (SSSR count). The third kappa shape index (κ3) is 3.62. The van der Waals surface area contributed by atoms with E-state index in [-0.39, 0.29) is 14.8 Å². The molecule has 0 spiro atoms. The van der Waals surface area contributed by atoms with Crippen molar-refractivity contribution < 1.29 is 13.2 Å². The maximum Gasteiger partial charge on any atom is 0.251 e. The molecule has 1 fully saturated rings. The first-order chi connectivity index (χ1) is 8.08. The lowest BCUT2D eigenvalue weighted by Gasteiger charge is -2.22. The quantitative estimate of drug-likeness (QED) is 0.917. The number of halogens is 1. The van der Waals surface area contributed by atoms with Crippen LogP contribution in [0.2, 0.25) is 4.47 Å². The molecule has 0 bridgehead atoms. The molecule has 1 aliphatic heterocycles. The van der Waals surface area contributed by atoms with Gasteiger partial charge in [-0.1, -0.05) is 22.9 Å². The van der Waals surface area contributed by atoms with Gasteiger partial charge in [-0.2, -0.15) is 0 Å². The van der Waals surface area contributed by atoms with Crippen molar-refractivity contribution in [2.75, 3.05) is 13.2 Å². The van der Waals surface area contributed by atoms with Crippen LogP contribution >= 0.6 is 22.9 Å². The predicted octanol–water partition coefficient (Wildman–Crippen LogP) is 1.64. The highest BCUT2D eigenvalue weighted by Crippen LogP contribution is 2.22. The van der Waals surface area contributed by atoms with E-state index in [4.69, 9.17) is 16.3 Å². The first-order valence-corrected chi connectivity index (χ1v) is 7.98. The van der Waals surface area contributed by atoms with Crippen molar-refractivity contribution in [3.8, 4) is 0 Å². The maximum atomic E-state index is 11.8. The zero-order chi connectivity index (χ0) is 12.3. The lowest BCUT2D eigenvalue weighted by atomic mass is 10.1. The minimum Gasteiger partial charge on any atom is -0.377 e. The van der Waals surface area contributed by atoms with Gasteiger partial charge in [0.25, 0.3) is 10.0 Å². The molecule has 0 radical (unpaired) electrons. The van der Waals surface area contributed by atoms with Gasteiger partial charge in [0, 0.05) is 13.2 Å². The normalized spacial score (nSPS) is 21.6. The summed E-state index contributed by atoms with van der Waals surface area (Å²) in [5.74, 6) is 0. The van der Waals surface area contributed by atoms with Gasteiger partial charge in [-0.05, 0) is 19.3 Å². The van der Waals surface area contributed by atoms with E-state index in [1.165, 1.54) is 6.20 Å². The minimum absolute atomic E-state index is 0.0260. The first-order valence-electron chi connectivity index (χ1n) is 5.30. The Bertz CT molecular complexity index is 468. The molecule has 2 heterocycles. The van der Waals surface area contributed by atoms with Crippen LogP contribution in [0.1, 0.15) is 19.3 Å². The van der Waals surface area contributed by atoms with Gasteiger partial charge in [-0.3, -0.25) is 0 Å². The van der Waals surface area contributed by atoms with Gasteiger partial charge in [-0.25, -0.2) is 18.1 Å². The number of thiazole rings is 1. The van der Waals surface area contributed by atoms with Gasteiger partial charge in [0.2, 0.25) is 0 Å². The molecule has 1 N–H and O–H groups in total. The monoisotopic (exact) mass is 296 g/mol. The average molecular weight is 297 g/mol. The number of nitrogens with one attached hydrogen (secondary N) is 1. The molecule has 5 nitrogen and oxygen atoms in total. The molecular formula is C9H13ClN2O3S2. The van der Waals surface area contributed by atoms with Crippen molar-refractivity contribution in [2.24, 2.45) is 0 Å². The summed E-state index contributed by atoms with van der Waals surface area (Å²) in [6.07, 6.45) is 4.26. The van der Waals surface area contributed by atoms with E-state index in [0.717, 1.165) is 30.6 Å². The maximum absolute atomic E-state index is 11.8. The molecule has 0 saturated carbocycles. The van der Waals surface area contributed by atoms with Crippen molar-refractivity contribution in [3.05, 3.63) is 10.7 Å². The van der Waals surface area contributed by atoms with E-state index in [0.29, 0.717) is 13.2 Å². The first kappa shape index (κ1) is 13.2. The smallest absolute Gasteiger partial charge is 0.251 e. The van der Waals surface area contributed by atoms with Gasteiger partial charge in [0.05, 0.1) is 12.3 Å². The van der Waals surface area contributed by atoms with Crippen molar-refractivity contribution in [2.45, 2.75) is 29.6 Å². The van der Waals surface area contributed by atoms with Gasteiger partial charge >= 0.3 is 0 Å². The second-order valence-electron chi connectivity index (χ2n) is 3.77. The van der Waals surface area contributed by atoms with Crippen LogP contribution in [0.4, 0.5) is 0 Å². The zero-order valence-corrected chi connectivity index (χ0v) is 11.4. The molecule has 0 aromatic carbocycles. The number of hydrogen-bond donors (Lipinski definition) is 1. The Labute approximate surface area is 109 Å². The standard InChI is InChI=1S/C9H13ClN2O3S2/c10-9-11-6-8(16-9)17(13,14)12-5-7-3-1-2-4-15-7/h6-7,12H,1-5H2. The van der Waals surface area contributed by atoms with Gasteiger partial charge in [0.15, 0.2) is 8.68 Å². The van der Waals surface area contributed by atoms with Crippen LogP contribution in [-0.2, 0) is 14.8 Å². The van der Waals surface area contributed by atoms with Crippen LogP contribution in [0.3, 0.4) is 0 Å². The SMILES string of the molecule is O=S(=O)(NCC1CCCCO1)c1cnc(Cl)s1. The highest BCUT2D eigenvalue weighted by atomic mass is 35.5. The lowest BCUT2D eigenvalue weighted by molar-refractivity contribution is 0.0200. The Morgan fingerprint density at radius 3 is 3.00 bits per heavy atom. The topological polar surface area (TPSA) is 68.3 Å². The molecule has 1 aromatic heterocycles. The summed E-state index contributed by atoms with van der Waals surface area (Å²) < 4.78 is 32.0. The van der Waals surface area contributed by atoms with Crippen molar-refractivity contribution in [3.63, 3.8) is 0 Å². The van der Waals surface area contributed by atoms with Crippen molar-refractivity contribution in [1.29, 1.82) is 0 Å². The molecule has 1 saturated heterocycles. The Morgan fingerprint density at radius 1 is 1.59 bits per heavy atom. The zero-order valence-electron chi connectivity index (χ0n) is 9.06. The van der Waals surface area contributed by atoms with Crippen molar-refractivity contribution >= 4 is 33.0 Å². The summed E-state index contributed by atoms with van der Waals surface area (Å²) in [7, 11) is -3.50. The van der Waals surface area contributed by atoms with Crippen LogP contribution in [-0.4, -0.2) is 32.7 Å². The number of ether oxygens (including phenoxy) is 1. The molecular weight excluding hydrogens is 284 g/mol. The largest absolute Gasteiger partial charge is 0.377 e. The Balaban J connectivity index is 1.93. The number of hydrogen-bond acceptors (Lipinski definition) is 5.